The van der Waals surface area contributed by atoms with Gasteiger partial charge in [0.25, 0.3) is 5.91 Å². The Morgan fingerprint density at radius 1 is 1.21 bits per heavy atom. The molecule has 0 radical (unpaired) electrons. The number of likely N-dealkylation sites (N-methyl/N-ethyl adjacent to an activating group) is 1. The summed E-state index contributed by atoms with van der Waals surface area (Å²) < 4.78 is 11.0. The van der Waals surface area contributed by atoms with E-state index in [0.717, 1.165) is 31.9 Å². The summed E-state index contributed by atoms with van der Waals surface area (Å²) in [4.78, 5) is 34.8. The predicted molar refractivity (Wildman–Crippen MR) is 112 cm³/mol. The molecule has 29 heavy (non-hydrogen) atoms. The van der Waals surface area contributed by atoms with Gasteiger partial charge in [-0.3, -0.25) is 9.79 Å². The van der Waals surface area contributed by atoms with Gasteiger partial charge in [0, 0.05) is 59.5 Å². The SMILES string of the molecule is CCN(CCNC(=NC)N1CCN(C(=O)C2CCCO2)CC1)C(=O)OC(C)(C)C. The monoisotopic (exact) mass is 411 g/mol. The summed E-state index contributed by atoms with van der Waals surface area (Å²) in [7, 11) is 1.75. The number of carbonyl (C=O) groups is 2. The smallest absolute Gasteiger partial charge is 0.410 e. The van der Waals surface area contributed by atoms with Crippen LogP contribution in [0.4, 0.5) is 4.79 Å². The van der Waals surface area contributed by atoms with E-state index in [1.165, 1.54) is 0 Å². The third-order valence-corrected chi connectivity index (χ3v) is 5.01. The molecule has 166 valence electrons. The maximum Gasteiger partial charge on any atom is 0.410 e. The van der Waals surface area contributed by atoms with Crippen LogP contribution in [0.25, 0.3) is 0 Å². The van der Waals surface area contributed by atoms with E-state index in [2.05, 4.69) is 15.2 Å². The van der Waals surface area contributed by atoms with Gasteiger partial charge in [0.1, 0.15) is 11.7 Å². The number of amides is 2. The van der Waals surface area contributed by atoms with Gasteiger partial charge in [-0.15, -0.1) is 0 Å². The Hall–Kier alpha value is -2.03. The van der Waals surface area contributed by atoms with Crippen LogP contribution in [0.5, 0.6) is 0 Å². The fraction of sp³-hybridized carbons (Fsp3) is 0.850. The highest BCUT2D eigenvalue weighted by Crippen LogP contribution is 2.16. The topological polar surface area (TPSA) is 86.7 Å². The van der Waals surface area contributed by atoms with Crippen LogP contribution in [0.1, 0.15) is 40.5 Å². The van der Waals surface area contributed by atoms with Crippen molar-refractivity contribution in [3.05, 3.63) is 0 Å². The van der Waals surface area contributed by atoms with Crippen molar-refractivity contribution in [1.82, 2.24) is 20.0 Å². The molecule has 0 aromatic carbocycles. The minimum absolute atomic E-state index is 0.112. The lowest BCUT2D eigenvalue weighted by atomic mass is 10.2. The molecule has 0 bridgehead atoms. The quantitative estimate of drug-likeness (QED) is 0.539. The van der Waals surface area contributed by atoms with E-state index in [1.807, 2.05) is 32.6 Å². The first-order valence-corrected chi connectivity index (χ1v) is 10.6. The standard InChI is InChI=1S/C20H37N5O4/c1-6-23(19(27)29-20(2,3)4)10-9-22-18(21-5)25-13-11-24(12-14-25)17(26)16-8-7-15-28-16/h16H,6-15H2,1-5H3,(H,21,22). The molecule has 0 aromatic rings. The first-order chi connectivity index (χ1) is 13.7. The molecule has 1 atom stereocenters. The van der Waals surface area contributed by atoms with Gasteiger partial charge in [-0.05, 0) is 40.5 Å². The van der Waals surface area contributed by atoms with Gasteiger partial charge in [0.15, 0.2) is 5.96 Å². The van der Waals surface area contributed by atoms with Crippen molar-refractivity contribution in [2.24, 2.45) is 4.99 Å². The maximum atomic E-state index is 12.5. The molecule has 0 aromatic heterocycles. The van der Waals surface area contributed by atoms with Crippen molar-refractivity contribution >= 4 is 18.0 Å². The van der Waals surface area contributed by atoms with E-state index in [9.17, 15) is 9.59 Å². The Labute approximate surface area is 174 Å². The van der Waals surface area contributed by atoms with Gasteiger partial charge in [0.2, 0.25) is 0 Å². The zero-order chi connectivity index (χ0) is 21.4. The van der Waals surface area contributed by atoms with Gasteiger partial charge in [0.05, 0.1) is 0 Å². The van der Waals surface area contributed by atoms with E-state index in [1.54, 1.807) is 11.9 Å². The van der Waals surface area contributed by atoms with Gasteiger partial charge in [-0.1, -0.05) is 0 Å². The van der Waals surface area contributed by atoms with Gasteiger partial charge in [-0.25, -0.2) is 4.79 Å². The maximum absolute atomic E-state index is 12.5. The van der Waals surface area contributed by atoms with Gasteiger partial charge >= 0.3 is 6.09 Å². The van der Waals surface area contributed by atoms with Crippen LogP contribution in [0.2, 0.25) is 0 Å². The van der Waals surface area contributed by atoms with Crippen molar-refractivity contribution in [2.45, 2.75) is 52.2 Å². The largest absolute Gasteiger partial charge is 0.444 e. The lowest BCUT2D eigenvalue weighted by Crippen LogP contribution is -2.55. The van der Waals surface area contributed by atoms with Crippen LogP contribution >= 0.6 is 0 Å². The lowest BCUT2D eigenvalue weighted by Gasteiger charge is -2.37. The molecule has 9 heteroatoms. The summed E-state index contributed by atoms with van der Waals surface area (Å²) >= 11 is 0. The van der Waals surface area contributed by atoms with Crippen molar-refractivity contribution in [2.75, 3.05) is 59.5 Å². The number of piperazine rings is 1. The van der Waals surface area contributed by atoms with Crippen LogP contribution in [0.15, 0.2) is 4.99 Å². The fourth-order valence-corrected chi connectivity index (χ4v) is 3.45. The molecule has 2 heterocycles. The molecule has 1 N–H and O–H groups in total. The molecule has 0 spiro atoms. The number of aliphatic imine (C=N–C) groups is 1. The highest BCUT2D eigenvalue weighted by atomic mass is 16.6. The third kappa shape index (κ3) is 7.06. The number of rotatable bonds is 5. The second-order valence-corrected chi connectivity index (χ2v) is 8.35. The Morgan fingerprint density at radius 3 is 2.38 bits per heavy atom. The van der Waals surface area contributed by atoms with Crippen LogP contribution in [-0.4, -0.2) is 104 Å². The fourth-order valence-electron chi connectivity index (χ4n) is 3.45. The Balaban J connectivity index is 1.76. The molecule has 0 saturated carbocycles. The van der Waals surface area contributed by atoms with E-state index in [0.29, 0.717) is 39.3 Å². The normalized spacial score (nSPS) is 20.6. The molecule has 2 fully saturated rings. The van der Waals surface area contributed by atoms with E-state index in [-0.39, 0.29) is 18.1 Å². The van der Waals surface area contributed by atoms with Crippen molar-refractivity contribution < 1.29 is 19.1 Å². The summed E-state index contributed by atoms with van der Waals surface area (Å²) in [5.41, 5.74) is -0.505. The van der Waals surface area contributed by atoms with E-state index < -0.39 is 5.60 Å². The first kappa shape index (κ1) is 23.3. The van der Waals surface area contributed by atoms with Crippen LogP contribution < -0.4 is 5.32 Å². The van der Waals surface area contributed by atoms with Crippen molar-refractivity contribution in [3.8, 4) is 0 Å². The molecular formula is C20H37N5O4. The number of guanidine groups is 1. The van der Waals surface area contributed by atoms with Gasteiger partial charge < -0.3 is 29.5 Å². The Morgan fingerprint density at radius 2 is 1.86 bits per heavy atom. The average molecular weight is 412 g/mol. The van der Waals surface area contributed by atoms with Crippen LogP contribution in [0, 0.1) is 0 Å². The molecule has 0 aliphatic carbocycles. The molecule has 1 unspecified atom stereocenters. The van der Waals surface area contributed by atoms with Crippen LogP contribution in [-0.2, 0) is 14.3 Å². The predicted octanol–water partition coefficient (Wildman–Crippen LogP) is 1.14. The summed E-state index contributed by atoms with van der Waals surface area (Å²) in [5, 5.41) is 3.32. The lowest BCUT2D eigenvalue weighted by molar-refractivity contribution is -0.142. The molecule has 2 aliphatic rings. The molecular weight excluding hydrogens is 374 g/mol. The third-order valence-electron chi connectivity index (χ3n) is 5.01. The van der Waals surface area contributed by atoms with Crippen molar-refractivity contribution in [3.63, 3.8) is 0 Å². The number of carbonyl (C=O) groups excluding carboxylic acids is 2. The second kappa shape index (κ2) is 10.7. The number of ether oxygens (including phenoxy) is 2. The highest BCUT2D eigenvalue weighted by Gasteiger charge is 2.31. The summed E-state index contributed by atoms with van der Waals surface area (Å²) in [5.74, 6) is 0.899. The van der Waals surface area contributed by atoms with E-state index in [4.69, 9.17) is 9.47 Å². The molecule has 2 rings (SSSR count). The number of nitrogens with zero attached hydrogens (tertiary/aromatic N) is 4. The summed E-state index contributed by atoms with van der Waals surface area (Å²) in [6.07, 6.45) is 1.23. The van der Waals surface area contributed by atoms with Crippen LogP contribution in [0.3, 0.4) is 0 Å². The van der Waals surface area contributed by atoms with Gasteiger partial charge in [-0.2, -0.15) is 0 Å². The zero-order valence-corrected chi connectivity index (χ0v) is 18.6. The minimum Gasteiger partial charge on any atom is -0.444 e. The average Bonchev–Trinajstić information content (AvgIpc) is 3.21. The van der Waals surface area contributed by atoms with E-state index >= 15 is 0 Å². The zero-order valence-electron chi connectivity index (χ0n) is 18.6. The number of hydrogen-bond acceptors (Lipinski definition) is 5. The number of hydrogen-bond donors (Lipinski definition) is 1. The molecule has 2 amide bonds. The number of nitrogens with one attached hydrogen (secondary N) is 1. The molecule has 2 aliphatic heterocycles. The highest BCUT2D eigenvalue weighted by molar-refractivity contribution is 5.82. The summed E-state index contributed by atoms with van der Waals surface area (Å²) in [6, 6.07) is 0. The van der Waals surface area contributed by atoms with Crippen molar-refractivity contribution in [1.29, 1.82) is 0 Å². The summed E-state index contributed by atoms with van der Waals surface area (Å²) in [6.45, 7) is 12.7. The Bertz CT molecular complexity index is 576. The Kier molecular flexibility index (Phi) is 8.55. The molecule has 9 nitrogen and oxygen atoms in total. The molecule has 2 saturated heterocycles. The minimum atomic E-state index is -0.505. The first-order valence-electron chi connectivity index (χ1n) is 10.6. The second-order valence-electron chi connectivity index (χ2n) is 8.35.